The van der Waals surface area contributed by atoms with Gasteiger partial charge < -0.3 is 4.74 Å². The van der Waals surface area contributed by atoms with Crippen LogP contribution in [0.2, 0.25) is 20.1 Å². The van der Waals surface area contributed by atoms with Crippen LogP contribution in [0.3, 0.4) is 0 Å². The number of esters is 1. The maximum absolute atomic E-state index is 13.9. The summed E-state index contributed by atoms with van der Waals surface area (Å²) >= 11 is 25.5. The molecule has 8 nitrogen and oxygen atoms in total. The Hall–Kier alpha value is -2.95. The van der Waals surface area contributed by atoms with E-state index in [-0.39, 0.29) is 60.9 Å². The second kappa shape index (κ2) is 12.9. The Morgan fingerprint density at radius 2 is 1.54 bits per heavy atom. The lowest BCUT2D eigenvalue weighted by atomic mass is 9.49. The number of aryl methyl sites for hydroxylation is 1. The Labute approximate surface area is 312 Å². The summed E-state index contributed by atoms with van der Waals surface area (Å²) < 4.78 is 38.0. The van der Waals surface area contributed by atoms with Gasteiger partial charge in [0.15, 0.2) is 0 Å². The third kappa shape index (κ3) is 5.97. The highest BCUT2D eigenvalue weighted by molar-refractivity contribution is 7.90. The molecule has 1 heterocycles. The molecule has 0 spiro atoms. The maximum atomic E-state index is 13.9. The Morgan fingerprint density at radius 3 is 2.08 bits per heavy atom. The lowest BCUT2D eigenvalue weighted by molar-refractivity contribution is -0.131. The minimum absolute atomic E-state index is 0.00426. The maximum Gasteiger partial charge on any atom is 0.308 e. The van der Waals surface area contributed by atoms with Gasteiger partial charge >= 0.3 is 5.97 Å². The number of rotatable bonds is 6. The van der Waals surface area contributed by atoms with Crippen LogP contribution in [0.15, 0.2) is 45.7 Å². The first-order valence-electron chi connectivity index (χ1n) is 16.3. The van der Waals surface area contributed by atoms with Crippen molar-refractivity contribution in [2.24, 2.45) is 15.7 Å². The summed E-state index contributed by atoms with van der Waals surface area (Å²) in [5, 5.41) is -0.505. The number of fused-ring (bicyclic) bond motifs is 4. The Kier molecular flexibility index (Phi) is 9.52. The lowest BCUT2D eigenvalue weighted by Crippen LogP contribution is -2.55. The largest absolute Gasteiger partial charge is 0.426 e. The number of carbonyl (C=O) groups is 3. The summed E-state index contributed by atoms with van der Waals surface area (Å²) in [6.45, 7) is 11.3. The SMILES string of the molecule is CC(=O)Oc1cc2c(cc1C(C)C)/C(=N\S(=O)(=O)c1ccc(C)cc1)C[C@H]1[C@](C)(CN3C(=O)c4c(Cl)c(Cl)c(Cl)c(Cl)c4C3=O)CCC[C@]21C. The predicted octanol–water partition coefficient (Wildman–Crippen LogP) is 9.60. The molecular formula is C37H36Cl4N2O6S. The molecule has 1 aliphatic heterocycles. The highest BCUT2D eigenvalue weighted by Gasteiger charge is 2.56. The molecule has 1 fully saturated rings. The van der Waals surface area contributed by atoms with Crippen molar-refractivity contribution in [2.75, 3.05) is 6.54 Å². The van der Waals surface area contributed by atoms with Gasteiger partial charge in [-0.2, -0.15) is 12.8 Å². The van der Waals surface area contributed by atoms with Gasteiger partial charge in [0.1, 0.15) is 5.75 Å². The summed E-state index contributed by atoms with van der Waals surface area (Å²) in [5.41, 5.74) is 2.00. The van der Waals surface area contributed by atoms with Crippen molar-refractivity contribution in [1.29, 1.82) is 0 Å². The van der Waals surface area contributed by atoms with Crippen LogP contribution in [0, 0.1) is 18.3 Å². The summed E-state index contributed by atoms with van der Waals surface area (Å²) in [6, 6.07) is 10.3. The second-order valence-corrected chi connectivity index (χ2v) is 17.5. The van der Waals surface area contributed by atoms with Crippen LogP contribution in [0.5, 0.6) is 5.75 Å². The molecule has 3 aromatic carbocycles. The zero-order valence-electron chi connectivity index (χ0n) is 28.4. The number of benzene rings is 3. The van der Waals surface area contributed by atoms with Crippen LogP contribution in [0.4, 0.5) is 0 Å². The fourth-order valence-corrected chi connectivity index (χ4v) is 10.2. The molecule has 13 heteroatoms. The number of hydrogen-bond donors (Lipinski definition) is 0. The highest BCUT2D eigenvalue weighted by atomic mass is 35.5. The van der Waals surface area contributed by atoms with E-state index in [9.17, 15) is 22.8 Å². The first kappa shape index (κ1) is 36.8. The number of hydrogen-bond acceptors (Lipinski definition) is 6. The van der Waals surface area contributed by atoms with E-state index in [2.05, 4.69) is 11.3 Å². The molecule has 264 valence electrons. The van der Waals surface area contributed by atoms with Crippen LogP contribution in [0.25, 0.3) is 0 Å². The molecule has 50 heavy (non-hydrogen) atoms. The van der Waals surface area contributed by atoms with Crippen molar-refractivity contribution < 1.29 is 27.5 Å². The van der Waals surface area contributed by atoms with Gasteiger partial charge in [-0.05, 0) is 84.2 Å². The average Bonchev–Trinajstić information content (AvgIpc) is 3.28. The van der Waals surface area contributed by atoms with E-state index < -0.39 is 38.6 Å². The predicted molar refractivity (Wildman–Crippen MR) is 196 cm³/mol. The van der Waals surface area contributed by atoms with E-state index in [0.717, 1.165) is 34.4 Å². The average molecular weight is 779 g/mol. The van der Waals surface area contributed by atoms with Gasteiger partial charge in [-0.3, -0.25) is 19.3 Å². The number of amides is 2. The molecule has 2 aliphatic carbocycles. The van der Waals surface area contributed by atoms with E-state index in [1.165, 1.54) is 19.1 Å². The number of sulfonamides is 1. The summed E-state index contributed by atoms with van der Waals surface area (Å²) in [6.07, 6.45) is 2.34. The molecular weight excluding hydrogens is 742 g/mol. The Morgan fingerprint density at radius 1 is 0.960 bits per heavy atom. The van der Waals surface area contributed by atoms with Crippen LogP contribution in [-0.2, 0) is 20.2 Å². The number of carbonyl (C=O) groups excluding carboxylic acids is 3. The molecule has 0 radical (unpaired) electrons. The van der Waals surface area contributed by atoms with Gasteiger partial charge in [0.2, 0.25) is 0 Å². The van der Waals surface area contributed by atoms with Crippen molar-refractivity contribution in [3.63, 3.8) is 0 Å². The fourth-order valence-electron chi connectivity index (χ4n) is 8.16. The second-order valence-electron chi connectivity index (χ2n) is 14.4. The molecule has 2 amide bonds. The Bertz CT molecular complexity index is 2090. The topological polar surface area (TPSA) is 110 Å². The van der Waals surface area contributed by atoms with Crippen LogP contribution in [0.1, 0.15) is 109 Å². The van der Waals surface area contributed by atoms with Gasteiger partial charge in [-0.25, -0.2) is 0 Å². The number of imide groups is 1. The lowest BCUT2D eigenvalue weighted by Gasteiger charge is -2.56. The molecule has 3 atom stereocenters. The molecule has 6 rings (SSSR count). The van der Waals surface area contributed by atoms with Crippen LogP contribution >= 0.6 is 46.4 Å². The number of ether oxygens (including phenoxy) is 1. The minimum Gasteiger partial charge on any atom is -0.426 e. The van der Waals surface area contributed by atoms with Crippen molar-refractivity contribution in [2.45, 2.75) is 83.5 Å². The fraction of sp³-hybridized carbons (Fsp3) is 0.405. The highest BCUT2D eigenvalue weighted by Crippen LogP contribution is 2.59. The monoisotopic (exact) mass is 776 g/mol. The van der Waals surface area contributed by atoms with Crippen molar-refractivity contribution in [3.05, 3.63) is 89.9 Å². The third-order valence-electron chi connectivity index (χ3n) is 10.7. The number of nitrogens with zero attached hydrogens (tertiary/aromatic N) is 2. The molecule has 0 bridgehead atoms. The Balaban J connectivity index is 1.52. The summed E-state index contributed by atoms with van der Waals surface area (Å²) in [7, 11) is -4.14. The molecule has 3 aromatic rings. The van der Waals surface area contributed by atoms with Gasteiger partial charge in [-0.1, -0.05) is 98.2 Å². The van der Waals surface area contributed by atoms with Gasteiger partial charge in [-0.15, -0.1) is 0 Å². The van der Waals surface area contributed by atoms with Crippen molar-refractivity contribution in [1.82, 2.24) is 4.90 Å². The number of halogens is 4. The smallest absolute Gasteiger partial charge is 0.308 e. The van der Waals surface area contributed by atoms with Gasteiger partial charge in [0.05, 0.1) is 41.8 Å². The first-order chi connectivity index (χ1) is 23.3. The first-order valence-corrected chi connectivity index (χ1v) is 19.3. The van der Waals surface area contributed by atoms with Gasteiger partial charge in [0.25, 0.3) is 21.8 Å². The van der Waals surface area contributed by atoms with Crippen LogP contribution in [-0.4, -0.2) is 43.4 Å². The van der Waals surface area contributed by atoms with E-state index in [0.29, 0.717) is 23.4 Å². The molecule has 0 N–H and O–H groups in total. The quantitative estimate of drug-likeness (QED) is 0.0811. The molecule has 0 saturated heterocycles. The van der Waals surface area contributed by atoms with E-state index >= 15 is 0 Å². The van der Waals surface area contributed by atoms with E-state index in [1.807, 2.05) is 39.8 Å². The summed E-state index contributed by atoms with van der Waals surface area (Å²) in [4.78, 5) is 41.2. The van der Waals surface area contributed by atoms with E-state index in [1.54, 1.807) is 12.1 Å². The molecule has 1 saturated carbocycles. The van der Waals surface area contributed by atoms with Crippen LogP contribution < -0.4 is 4.74 Å². The normalized spacial score (nSPS) is 24.0. The minimum atomic E-state index is -4.14. The standard InChI is InChI=1S/C37H36Cl4N2O6S/c1-18(2)22-14-23-24(15-26(22)49-20(4)44)37(6)13-7-12-36(5,27(37)16-25(23)42-50(47,48)21-10-8-19(3)9-11-21)17-43-34(45)28-29(35(43)46)31(39)33(41)32(40)30(28)38/h8-11,14-15,18,27H,7,12-13,16-17H2,1-6H3/b42-25-/t27-,36-,37+/m0/s1. The molecule has 3 aliphatic rings. The van der Waals surface area contributed by atoms with Gasteiger partial charge in [0, 0.05) is 19.0 Å². The molecule has 0 unspecified atom stereocenters. The zero-order chi connectivity index (χ0) is 36.7. The molecule has 0 aromatic heterocycles. The van der Waals surface area contributed by atoms with E-state index in [4.69, 9.17) is 51.1 Å². The third-order valence-corrected chi connectivity index (χ3v) is 13.8. The zero-order valence-corrected chi connectivity index (χ0v) is 32.3. The van der Waals surface area contributed by atoms with Crippen molar-refractivity contribution in [3.8, 4) is 5.75 Å². The summed E-state index contributed by atoms with van der Waals surface area (Å²) in [5.74, 6) is -1.69. The van der Waals surface area contributed by atoms with Crippen molar-refractivity contribution >= 4 is 79.9 Å².